The zero-order chi connectivity index (χ0) is 10.6. The molecule has 1 aromatic carbocycles. The summed E-state index contributed by atoms with van der Waals surface area (Å²) in [5, 5.41) is 13.3. The molecule has 1 atom stereocenters. The third kappa shape index (κ3) is 3.20. The third-order valence-electron chi connectivity index (χ3n) is 2.19. The first kappa shape index (κ1) is 11.3. The average molecular weight is 214 g/mol. The minimum atomic E-state index is -0.287. The second-order valence-electron chi connectivity index (χ2n) is 3.40. The van der Waals surface area contributed by atoms with Crippen molar-refractivity contribution in [3.05, 3.63) is 28.8 Å². The number of anilines is 1. The highest BCUT2D eigenvalue weighted by Gasteiger charge is 2.02. The highest BCUT2D eigenvalue weighted by molar-refractivity contribution is 6.30. The fraction of sp³-hybridized carbons (Fsp3) is 0.455. The Morgan fingerprint density at radius 1 is 1.50 bits per heavy atom. The second kappa shape index (κ2) is 5.23. The van der Waals surface area contributed by atoms with Gasteiger partial charge in [-0.2, -0.15) is 0 Å². The molecule has 0 aromatic heterocycles. The summed E-state index contributed by atoms with van der Waals surface area (Å²) in [5.74, 6) is 0. The van der Waals surface area contributed by atoms with Gasteiger partial charge < -0.3 is 10.4 Å². The maximum absolute atomic E-state index is 9.38. The summed E-state index contributed by atoms with van der Waals surface area (Å²) in [6.07, 6.45) is 0.477. The number of nitrogens with one attached hydrogen (secondary N) is 1. The van der Waals surface area contributed by atoms with Gasteiger partial charge in [0, 0.05) is 17.3 Å². The molecular weight excluding hydrogens is 198 g/mol. The smallest absolute Gasteiger partial charge is 0.0709 e. The molecule has 78 valence electrons. The summed E-state index contributed by atoms with van der Waals surface area (Å²) >= 11 is 5.83. The molecule has 2 N–H and O–H groups in total. The van der Waals surface area contributed by atoms with Crippen LogP contribution in [0.15, 0.2) is 18.2 Å². The van der Waals surface area contributed by atoms with E-state index >= 15 is 0 Å². The molecule has 0 saturated heterocycles. The van der Waals surface area contributed by atoms with E-state index in [1.165, 1.54) is 0 Å². The van der Waals surface area contributed by atoms with Crippen LogP contribution in [-0.2, 0) is 0 Å². The van der Waals surface area contributed by atoms with E-state index in [4.69, 9.17) is 11.6 Å². The molecule has 0 fully saturated rings. The molecule has 0 aliphatic heterocycles. The highest BCUT2D eigenvalue weighted by Crippen LogP contribution is 2.19. The molecular formula is C11H16ClNO. The Balaban J connectivity index is 2.59. The average Bonchev–Trinajstić information content (AvgIpc) is 2.16. The summed E-state index contributed by atoms with van der Waals surface area (Å²) in [6.45, 7) is 4.53. The third-order valence-corrected chi connectivity index (χ3v) is 2.42. The van der Waals surface area contributed by atoms with Gasteiger partial charge in [-0.1, -0.05) is 18.5 Å². The van der Waals surface area contributed by atoms with E-state index in [1.807, 2.05) is 32.0 Å². The van der Waals surface area contributed by atoms with Crippen LogP contribution in [0.3, 0.4) is 0 Å². The first-order valence-electron chi connectivity index (χ1n) is 4.81. The first-order chi connectivity index (χ1) is 6.63. The van der Waals surface area contributed by atoms with E-state index in [-0.39, 0.29) is 6.10 Å². The predicted molar refractivity (Wildman–Crippen MR) is 61.0 cm³/mol. The molecule has 14 heavy (non-hydrogen) atoms. The van der Waals surface area contributed by atoms with Gasteiger partial charge in [0.05, 0.1) is 6.10 Å². The van der Waals surface area contributed by atoms with E-state index in [1.54, 1.807) is 0 Å². The Morgan fingerprint density at radius 2 is 2.21 bits per heavy atom. The lowest BCUT2D eigenvalue weighted by Crippen LogP contribution is -2.18. The summed E-state index contributed by atoms with van der Waals surface area (Å²) < 4.78 is 0. The molecule has 2 nitrogen and oxygen atoms in total. The molecule has 0 radical (unpaired) electrons. The van der Waals surface area contributed by atoms with Crippen molar-refractivity contribution < 1.29 is 5.11 Å². The van der Waals surface area contributed by atoms with Crippen molar-refractivity contribution in [3.8, 4) is 0 Å². The molecule has 0 saturated carbocycles. The van der Waals surface area contributed by atoms with Gasteiger partial charge in [0.1, 0.15) is 0 Å². The van der Waals surface area contributed by atoms with Gasteiger partial charge >= 0.3 is 0 Å². The molecule has 1 aromatic rings. The van der Waals surface area contributed by atoms with Crippen LogP contribution >= 0.6 is 11.6 Å². The van der Waals surface area contributed by atoms with Crippen LogP contribution in [0.5, 0.6) is 0 Å². The normalized spacial score (nSPS) is 12.6. The summed E-state index contributed by atoms with van der Waals surface area (Å²) in [4.78, 5) is 0. The number of aryl methyl sites for hydroxylation is 1. The summed E-state index contributed by atoms with van der Waals surface area (Å²) in [7, 11) is 0. The summed E-state index contributed by atoms with van der Waals surface area (Å²) in [6, 6.07) is 5.68. The lowest BCUT2D eigenvalue weighted by Gasteiger charge is -2.12. The predicted octanol–water partition coefficient (Wildman–Crippen LogP) is 2.83. The number of rotatable bonds is 4. The molecule has 0 unspecified atom stereocenters. The van der Waals surface area contributed by atoms with Crippen LogP contribution in [0.25, 0.3) is 0 Å². The van der Waals surface area contributed by atoms with Gasteiger partial charge in [-0.3, -0.25) is 0 Å². The maximum Gasteiger partial charge on any atom is 0.0709 e. The number of hydrogen-bond donors (Lipinski definition) is 2. The van der Waals surface area contributed by atoms with Crippen molar-refractivity contribution in [1.82, 2.24) is 0 Å². The Labute approximate surface area is 89.9 Å². The largest absolute Gasteiger partial charge is 0.391 e. The van der Waals surface area contributed by atoms with Crippen LogP contribution in [0.4, 0.5) is 5.69 Å². The minimum absolute atomic E-state index is 0.287. The van der Waals surface area contributed by atoms with Gasteiger partial charge in [-0.05, 0) is 37.1 Å². The Kier molecular flexibility index (Phi) is 4.23. The second-order valence-corrected chi connectivity index (χ2v) is 3.84. The standard InChI is InChI=1S/C11H16ClNO/c1-3-10(14)7-13-11-5-4-9(12)6-8(11)2/h4-6,10,13-14H,3,7H2,1-2H3/t10-/m1/s1. The Hall–Kier alpha value is -0.730. The van der Waals surface area contributed by atoms with Crippen molar-refractivity contribution >= 4 is 17.3 Å². The Bertz CT molecular complexity index is 301. The van der Waals surface area contributed by atoms with E-state index in [0.717, 1.165) is 22.7 Å². The number of halogens is 1. The number of benzene rings is 1. The van der Waals surface area contributed by atoms with Crippen LogP contribution in [0.1, 0.15) is 18.9 Å². The fourth-order valence-electron chi connectivity index (χ4n) is 1.20. The molecule has 0 aliphatic rings. The quantitative estimate of drug-likeness (QED) is 0.806. The summed E-state index contributed by atoms with van der Waals surface area (Å²) in [5.41, 5.74) is 2.13. The fourth-order valence-corrected chi connectivity index (χ4v) is 1.42. The van der Waals surface area contributed by atoms with Gasteiger partial charge in [-0.25, -0.2) is 0 Å². The Morgan fingerprint density at radius 3 is 2.79 bits per heavy atom. The zero-order valence-corrected chi connectivity index (χ0v) is 9.30. The molecule has 0 bridgehead atoms. The topological polar surface area (TPSA) is 32.3 Å². The molecule has 3 heteroatoms. The maximum atomic E-state index is 9.38. The number of aliphatic hydroxyl groups is 1. The van der Waals surface area contributed by atoms with Crippen molar-refractivity contribution in [2.75, 3.05) is 11.9 Å². The van der Waals surface area contributed by atoms with E-state index < -0.39 is 0 Å². The highest BCUT2D eigenvalue weighted by atomic mass is 35.5. The zero-order valence-electron chi connectivity index (χ0n) is 8.55. The van der Waals surface area contributed by atoms with Gasteiger partial charge in [0.2, 0.25) is 0 Å². The van der Waals surface area contributed by atoms with Crippen LogP contribution in [-0.4, -0.2) is 17.8 Å². The van der Waals surface area contributed by atoms with E-state index in [9.17, 15) is 5.11 Å². The minimum Gasteiger partial charge on any atom is -0.391 e. The van der Waals surface area contributed by atoms with Crippen molar-refractivity contribution in [2.24, 2.45) is 0 Å². The molecule has 0 heterocycles. The molecule has 0 aliphatic carbocycles. The van der Waals surface area contributed by atoms with Gasteiger partial charge in [0.25, 0.3) is 0 Å². The van der Waals surface area contributed by atoms with Crippen molar-refractivity contribution in [3.63, 3.8) is 0 Å². The van der Waals surface area contributed by atoms with E-state index in [2.05, 4.69) is 5.32 Å². The number of hydrogen-bond acceptors (Lipinski definition) is 2. The first-order valence-corrected chi connectivity index (χ1v) is 5.19. The van der Waals surface area contributed by atoms with Gasteiger partial charge in [-0.15, -0.1) is 0 Å². The SMILES string of the molecule is CC[C@@H](O)CNc1ccc(Cl)cc1C. The van der Waals surface area contributed by atoms with E-state index in [0.29, 0.717) is 6.54 Å². The van der Waals surface area contributed by atoms with Crippen molar-refractivity contribution in [1.29, 1.82) is 0 Å². The monoisotopic (exact) mass is 213 g/mol. The number of aliphatic hydroxyl groups excluding tert-OH is 1. The molecule has 1 rings (SSSR count). The van der Waals surface area contributed by atoms with Crippen molar-refractivity contribution in [2.45, 2.75) is 26.4 Å². The van der Waals surface area contributed by atoms with Gasteiger partial charge in [0.15, 0.2) is 0 Å². The molecule has 0 amide bonds. The molecule has 0 spiro atoms. The lowest BCUT2D eigenvalue weighted by molar-refractivity contribution is 0.183. The van der Waals surface area contributed by atoms with Crippen LogP contribution in [0, 0.1) is 6.92 Å². The lowest BCUT2D eigenvalue weighted by atomic mass is 10.2. The van der Waals surface area contributed by atoms with Crippen LogP contribution < -0.4 is 5.32 Å². The van der Waals surface area contributed by atoms with Crippen LogP contribution in [0.2, 0.25) is 5.02 Å².